The molecule has 1 N–H and O–H groups in total. The Balaban J connectivity index is 2.23. The minimum absolute atomic E-state index is 0.103. The Hall–Kier alpha value is -1.51. The number of benzene rings is 1. The maximum absolute atomic E-state index is 11.8. The van der Waals surface area contributed by atoms with Gasteiger partial charge in [0.1, 0.15) is 5.75 Å². The smallest absolute Gasteiger partial charge is 0.224 e. The maximum Gasteiger partial charge on any atom is 0.224 e. The molecule has 0 fully saturated rings. The molecule has 0 aromatic heterocycles. The van der Waals surface area contributed by atoms with Crippen molar-refractivity contribution in [3.05, 3.63) is 24.3 Å². The molecule has 0 aliphatic rings. The van der Waals surface area contributed by atoms with E-state index in [2.05, 4.69) is 19.2 Å². The van der Waals surface area contributed by atoms with Crippen molar-refractivity contribution in [2.75, 3.05) is 11.9 Å². The summed E-state index contributed by atoms with van der Waals surface area (Å²) in [6.07, 6.45) is 8.66. The third kappa shape index (κ3) is 8.38. The molecule has 1 rings (SSSR count). The lowest BCUT2D eigenvalue weighted by Gasteiger charge is -2.08. The van der Waals surface area contributed by atoms with Gasteiger partial charge in [-0.1, -0.05) is 46.0 Å². The van der Waals surface area contributed by atoms with Crippen molar-refractivity contribution in [1.82, 2.24) is 0 Å². The van der Waals surface area contributed by atoms with E-state index in [1.807, 2.05) is 24.3 Å². The van der Waals surface area contributed by atoms with Gasteiger partial charge in [0, 0.05) is 12.1 Å². The zero-order valence-electron chi connectivity index (χ0n) is 13.5. The molecular formula is C18H29NO2. The minimum Gasteiger partial charge on any atom is -0.494 e. The van der Waals surface area contributed by atoms with Crippen LogP contribution in [-0.4, -0.2) is 12.5 Å². The highest BCUT2D eigenvalue weighted by Gasteiger charge is 2.02. The minimum atomic E-state index is 0.103. The number of anilines is 1. The Morgan fingerprint density at radius 1 is 0.952 bits per heavy atom. The quantitative estimate of drug-likeness (QED) is 0.571. The van der Waals surface area contributed by atoms with Gasteiger partial charge in [-0.25, -0.2) is 0 Å². The normalized spacial score (nSPS) is 10.4. The monoisotopic (exact) mass is 291 g/mol. The van der Waals surface area contributed by atoms with Crippen molar-refractivity contribution in [2.24, 2.45) is 0 Å². The van der Waals surface area contributed by atoms with Gasteiger partial charge in [-0.3, -0.25) is 4.79 Å². The number of ether oxygens (including phenoxy) is 1. The lowest BCUT2D eigenvalue weighted by molar-refractivity contribution is -0.116. The second kappa shape index (κ2) is 11.2. The van der Waals surface area contributed by atoms with Crippen LogP contribution in [0.1, 0.15) is 65.2 Å². The maximum atomic E-state index is 11.8. The number of unbranched alkanes of at least 4 members (excludes halogenated alkanes) is 5. The van der Waals surface area contributed by atoms with E-state index in [1.54, 1.807) is 0 Å². The van der Waals surface area contributed by atoms with Crippen LogP contribution in [0.2, 0.25) is 0 Å². The van der Waals surface area contributed by atoms with Gasteiger partial charge in [0.15, 0.2) is 0 Å². The standard InChI is InChI=1S/C18H29NO2/c1-3-5-7-8-9-10-18(20)19-16-11-13-17(14-12-16)21-15-6-4-2/h11-14H,3-10,15H2,1-2H3,(H,19,20). The second-order valence-electron chi connectivity index (χ2n) is 5.44. The first-order chi connectivity index (χ1) is 10.3. The fraction of sp³-hybridized carbons (Fsp3) is 0.611. The first-order valence-corrected chi connectivity index (χ1v) is 8.29. The van der Waals surface area contributed by atoms with E-state index >= 15 is 0 Å². The molecule has 0 saturated carbocycles. The number of hydrogen-bond donors (Lipinski definition) is 1. The van der Waals surface area contributed by atoms with Gasteiger partial charge in [-0.05, 0) is 37.1 Å². The van der Waals surface area contributed by atoms with Crippen molar-refractivity contribution in [1.29, 1.82) is 0 Å². The van der Waals surface area contributed by atoms with Crippen LogP contribution in [0.15, 0.2) is 24.3 Å². The number of nitrogens with one attached hydrogen (secondary N) is 1. The number of carbonyl (C=O) groups is 1. The molecule has 0 aliphatic carbocycles. The van der Waals surface area contributed by atoms with Crippen LogP contribution in [0, 0.1) is 0 Å². The van der Waals surface area contributed by atoms with E-state index in [4.69, 9.17) is 4.74 Å². The molecule has 3 nitrogen and oxygen atoms in total. The average molecular weight is 291 g/mol. The highest BCUT2D eigenvalue weighted by Crippen LogP contribution is 2.16. The van der Waals surface area contributed by atoms with Gasteiger partial charge in [0.25, 0.3) is 0 Å². The predicted octanol–water partition coefficient (Wildman–Crippen LogP) is 5.16. The fourth-order valence-corrected chi connectivity index (χ4v) is 2.08. The second-order valence-corrected chi connectivity index (χ2v) is 5.44. The molecule has 0 aliphatic heterocycles. The number of amides is 1. The van der Waals surface area contributed by atoms with Crippen molar-refractivity contribution >= 4 is 11.6 Å². The Bertz CT molecular complexity index is 387. The molecule has 0 spiro atoms. The molecular weight excluding hydrogens is 262 g/mol. The van der Waals surface area contributed by atoms with Crippen LogP contribution in [-0.2, 0) is 4.79 Å². The largest absolute Gasteiger partial charge is 0.494 e. The molecule has 0 unspecified atom stereocenters. The summed E-state index contributed by atoms with van der Waals surface area (Å²) in [5.74, 6) is 0.965. The van der Waals surface area contributed by atoms with Gasteiger partial charge in [0.2, 0.25) is 5.91 Å². The van der Waals surface area contributed by atoms with E-state index in [1.165, 1.54) is 19.3 Å². The summed E-state index contributed by atoms with van der Waals surface area (Å²) < 4.78 is 5.60. The molecule has 1 aromatic rings. The van der Waals surface area contributed by atoms with E-state index in [-0.39, 0.29) is 5.91 Å². The first-order valence-electron chi connectivity index (χ1n) is 8.29. The van der Waals surface area contributed by atoms with Crippen LogP contribution in [0.25, 0.3) is 0 Å². The van der Waals surface area contributed by atoms with Crippen LogP contribution in [0.4, 0.5) is 5.69 Å². The molecule has 0 saturated heterocycles. The number of carbonyl (C=O) groups excluding carboxylic acids is 1. The Morgan fingerprint density at radius 2 is 1.62 bits per heavy atom. The van der Waals surface area contributed by atoms with Gasteiger partial charge in [-0.15, -0.1) is 0 Å². The van der Waals surface area contributed by atoms with E-state index in [0.717, 1.165) is 43.7 Å². The first kappa shape index (κ1) is 17.5. The van der Waals surface area contributed by atoms with Crippen molar-refractivity contribution in [3.8, 4) is 5.75 Å². The molecule has 1 amide bonds. The molecule has 3 heteroatoms. The van der Waals surface area contributed by atoms with Crippen molar-refractivity contribution in [2.45, 2.75) is 65.2 Å². The third-order valence-electron chi connectivity index (χ3n) is 3.41. The molecule has 0 bridgehead atoms. The average Bonchev–Trinajstić information content (AvgIpc) is 2.49. The Labute approximate surface area is 129 Å². The van der Waals surface area contributed by atoms with Gasteiger partial charge in [-0.2, -0.15) is 0 Å². The zero-order valence-corrected chi connectivity index (χ0v) is 13.5. The SMILES string of the molecule is CCCCCCCC(=O)Nc1ccc(OCCCC)cc1. The lowest BCUT2D eigenvalue weighted by Crippen LogP contribution is -2.10. The van der Waals surface area contributed by atoms with Crippen LogP contribution < -0.4 is 10.1 Å². The van der Waals surface area contributed by atoms with Crippen LogP contribution in [0.5, 0.6) is 5.75 Å². The summed E-state index contributed by atoms with van der Waals surface area (Å²) in [5, 5.41) is 2.93. The summed E-state index contributed by atoms with van der Waals surface area (Å²) in [7, 11) is 0. The summed E-state index contributed by atoms with van der Waals surface area (Å²) in [5.41, 5.74) is 0.844. The topological polar surface area (TPSA) is 38.3 Å². The van der Waals surface area contributed by atoms with Crippen LogP contribution >= 0.6 is 0 Å². The van der Waals surface area contributed by atoms with E-state index in [9.17, 15) is 4.79 Å². The molecule has 21 heavy (non-hydrogen) atoms. The van der Waals surface area contributed by atoms with E-state index < -0.39 is 0 Å². The summed E-state index contributed by atoms with van der Waals surface area (Å²) >= 11 is 0. The summed E-state index contributed by atoms with van der Waals surface area (Å²) in [6, 6.07) is 7.62. The van der Waals surface area contributed by atoms with Gasteiger partial charge in [0.05, 0.1) is 6.61 Å². The Morgan fingerprint density at radius 3 is 2.29 bits per heavy atom. The fourth-order valence-electron chi connectivity index (χ4n) is 2.08. The Kier molecular flexibility index (Phi) is 9.34. The zero-order chi connectivity index (χ0) is 15.3. The summed E-state index contributed by atoms with van der Waals surface area (Å²) in [6.45, 7) is 5.09. The highest BCUT2D eigenvalue weighted by atomic mass is 16.5. The van der Waals surface area contributed by atoms with E-state index in [0.29, 0.717) is 6.42 Å². The molecule has 0 atom stereocenters. The van der Waals surface area contributed by atoms with Crippen molar-refractivity contribution in [3.63, 3.8) is 0 Å². The molecule has 0 radical (unpaired) electrons. The molecule has 1 aromatic carbocycles. The molecule has 0 heterocycles. The number of rotatable bonds is 11. The van der Waals surface area contributed by atoms with Crippen LogP contribution in [0.3, 0.4) is 0 Å². The van der Waals surface area contributed by atoms with Crippen molar-refractivity contribution < 1.29 is 9.53 Å². The van der Waals surface area contributed by atoms with Gasteiger partial charge >= 0.3 is 0 Å². The lowest BCUT2D eigenvalue weighted by atomic mass is 10.1. The number of hydrogen-bond acceptors (Lipinski definition) is 2. The summed E-state index contributed by atoms with van der Waals surface area (Å²) in [4.78, 5) is 11.8. The predicted molar refractivity (Wildman–Crippen MR) is 88.9 cm³/mol. The molecule has 118 valence electrons. The highest BCUT2D eigenvalue weighted by molar-refractivity contribution is 5.90. The van der Waals surface area contributed by atoms with Gasteiger partial charge < -0.3 is 10.1 Å². The third-order valence-corrected chi connectivity index (χ3v) is 3.41.